The lowest BCUT2D eigenvalue weighted by atomic mass is 10.1. The molecule has 5 nitrogen and oxygen atoms in total. The molecule has 0 aromatic heterocycles. The Morgan fingerprint density at radius 2 is 2.05 bits per heavy atom. The number of benzene rings is 1. The monoisotopic (exact) mass is 308 g/mol. The van der Waals surface area contributed by atoms with Gasteiger partial charge in [-0.3, -0.25) is 4.79 Å². The van der Waals surface area contributed by atoms with E-state index in [2.05, 4.69) is 5.32 Å². The average Bonchev–Trinajstić information content (AvgIpc) is 2.97. The molecular formula is C15H20N2O3S. The molecule has 1 aliphatic rings. The number of nitrogens with one attached hydrogen (secondary N) is 1. The first-order chi connectivity index (χ1) is 10.0. The standard InChI is InChI=1S/C15H20N2O3S/c1-10(11-3-5-13(21-2)6-4-11)16-15(20)17-8-7-12(9-17)14(18)19/h3-6,10,12H,7-9H2,1-2H3,(H,16,20)(H,18,19)/t10-,12?/m1/s1. The first kappa shape index (κ1) is 15.7. The summed E-state index contributed by atoms with van der Waals surface area (Å²) in [6, 6.07) is 7.76. The molecule has 2 atom stereocenters. The molecule has 1 saturated heterocycles. The molecule has 0 saturated carbocycles. The van der Waals surface area contributed by atoms with Gasteiger partial charge in [0.2, 0.25) is 0 Å². The molecule has 0 bridgehead atoms. The van der Waals surface area contributed by atoms with Crippen LogP contribution in [0.15, 0.2) is 29.2 Å². The van der Waals surface area contributed by atoms with Crippen LogP contribution in [0.5, 0.6) is 0 Å². The molecule has 0 radical (unpaired) electrons. The highest BCUT2D eigenvalue weighted by Crippen LogP contribution is 2.20. The molecule has 1 aliphatic heterocycles. The van der Waals surface area contributed by atoms with Crippen molar-refractivity contribution in [1.29, 1.82) is 0 Å². The van der Waals surface area contributed by atoms with Gasteiger partial charge in [0.15, 0.2) is 0 Å². The average molecular weight is 308 g/mol. The van der Waals surface area contributed by atoms with E-state index in [1.807, 2.05) is 37.4 Å². The number of aliphatic carboxylic acids is 1. The number of rotatable bonds is 4. The van der Waals surface area contributed by atoms with Crippen molar-refractivity contribution < 1.29 is 14.7 Å². The third-order valence-corrected chi connectivity index (χ3v) is 4.52. The van der Waals surface area contributed by atoms with Gasteiger partial charge in [0.1, 0.15) is 0 Å². The Hall–Kier alpha value is -1.69. The van der Waals surface area contributed by atoms with E-state index in [4.69, 9.17) is 5.11 Å². The lowest BCUT2D eigenvalue weighted by Gasteiger charge is -2.21. The van der Waals surface area contributed by atoms with Crippen LogP contribution in [0.4, 0.5) is 4.79 Å². The summed E-state index contributed by atoms with van der Waals surface area (Å²) in [5, 5.41) is 11.9. The van der Waals surface area contributed by atoms with E-state index in [0.29, 0.717) is 19.5 Å². The van der Waals surface area contributed by atoms with Crippen LogP contribution in [0.3, 0.4) is 0 Å². The van der Waals surface area contributed by atoms with Crippen LogP contribution in [0.25, 0.3) is 0 Å². The molecule has 0 aliphatic carbocycles. The van der Waals surface area contributed by atoms with Gasteiger partial charge in [-0.15, -0.1) is 11.8 Å². The molecule has 1 aromatic carbocycles. The highest BCUT2D eigenvalue weighted by atomic mass is 32.2. The van der Waals surface area contributed by atoms with E-state index in [1.54, 1.807) is 16.7 Å². The van der Waals surface area contributed by atoms with Crippen molar-refractivity contribution in [3.05, 3.63) is 29.8 Å². The first-order valence-electron chi connectivity index (χ1n) is 6.93. The SMILES string of the molecule is CSc1ccc([C@@H](C)NC(=O)N2CCC(C(=O)O)C2)cc1. The van der Waals surface area contributed by atoms with Crippen LogP contribution in [0, 0.1) is 5.92 Å². The lowest BCUT2D eigenvalue weighted by Crippen LogP contribution is -2.40. The molecule has 1 aromatic rings. The third kappa shape index (κ3) is 3.91. The zero-order chi connectivity index (χ0) is 15.4. The predicted molar refractivity (Wildman–Crippen MR) is 82.5 cm³/mol. The summed E-state index contributed by atoms with van der Waals surface area (Å²) in [6.07, 6.45) is 2.55. The Balaban J connectivity index is 1.91. The summed E-state index contributed by atoms with van der Waals surface area (Å²) < 4.78 is 0. The Labute approximate surface area is 128 Å². The second kappa shape index (κ2) is 6.85. The number of carboxylic acids is 1. The maximum Gasteiger partial charge on any atom is 0.317 e. The second-order valence-electron chi connectivity index (χ2n) is 5.21. The summed E-state index contributed by atoms with van der Waals surface area (Å²) in [7, 11) is 0. The number of carbonyl (C=O) groups excluding carboxylic acids is 1. The van der Waals surface area contributed by atoms with Gasteiger partial charge in [-0.2, -0.15) is 0 Å². The van der Waals surface area contributed by atoms with Gasteiger partial charge in [-0.25, -0.2) is 4.79 Å². The zero-order valence-electron chi connectivity index (χ0n) is 12.2. The van der Waals surface area contributed by atoms with Crippen LogP contribution in [-0.4, -0.2) is 41.4 Å². The lowest BCUT2D eigenvalue weighted by molar-refractivity contribution is -0.141. The van der Waals surface area contributed by atoms with E-state index in [9.17, 15) is 9.59 Å². The van der Waals surface area contributed by atoms with Gasteiger partial charge < -0.3 is 15.3 Å². The Morgan fingerprint density at radius 1 is 1.38 bits per heavy atom. The van der Waals surface area contributed by atoms with Gasteiger partial charge in [0, 0.05) is 18.0 Å². The van der Waals surface area contributed by atoms with E-state index >= 15 is 0 Å². The summed E-state index contributed by atoms with van der Waals surface area (Å²) in [6.45, 7) is 2.72. The Bertz CT molecular complexity index is 518. The highest BCUT2D eigenvalue weighted by Gasteiger charge is 2.31. The minimum atomic E-state index is -0.828. The number of hydrogen-bond donors (Lipinski definition) is 2. The topological polar surface area (TPSA) is 69.6 Å². The molecule has 2 N–H and O–H groups in total. The zero-order valence-corrected chi connectivity index (χ0v) is 13.0. The van der Waals surface area contributed by atoms with Gasteiger partial charge in [-0.1, -0.05) is 12.1 Å². The number of likely N-dealkylation sites (tertiary alicyclic amines) is 1. The fraction of sp³-hybridized carbons (Fsp3) is 0.467. The third-order valence-electron chi connectivity index (χ3n) is 3.78. The van der Waals surface area contributed by atoms with Crippen molar-refractivity contribution in [3.8, 4) is 0 Å². The number of carbonyl (C=O) groups is 2. The first-order valence-corrected chi connectivity index (χ1v) is 8.16. The van der Waals surface area contributed by atoms with Crippen LogP contribution in [0.2, 0.25) is 0 Å². The van der Waals surface area contributed by atoms with Gasteiger partial charge in [0.25, 0.3) is 0 Å². The van der Waals surface area contributed by atoms with E-state index in [0.717, 1.165) is 5.56 Å². The number of carboxylic acid groups (broad SMARTS) is 1. The highest BCUT2D eigenvalue weighted by molar-refractivity contribution is 7.98. The van der Waals surface area contributed by atoms with Gasteiger partial charge in [-0.05, 0) is 37.3 Å². The number of amides is 2. The molecule has 114 valence electrons. The number of hydrogen-bond acceptors (Lipinski definition) is 3. The largest absolute Gasteiger partial charge is 0.481 e. The summed E-state index contributed by atoms with van der Waals surface area (Å²) >= 11 is 1.68. The molecule has 21 heavy (non-hydrogen) atoms. The van der Waals surface area contributed by atoms with Crippen molar-refractivity contribution in [2.24, 2.45) is 5.92 Å². The number of thioether (sulfide) groups is 1. The van der Waals surface area contributed by atoms with Crippen LogP contribution in [-0.2, 0) is 4.79 Å². The van der Waals surface area contributed by atoms with Gasteiger partial charge in [0.05, 0.1) is 12.0 Å². The smallest absolute Gasteiger partial charge is 0.317 e. The molecule has 1 unspecified atom stereocenters. The molecule has 6 heteroatoms. The maximum atomic E-state index is 12.1. The quantitative estimate of drug-likeness (QED) is 0.839. The van der Waals surface area contributed by atoms with E-state index in [1.165, 1.54) is 4.90 Å². The minimum absolute atomic E-state index is 0.0997. The van der Waals surface area contributed by atoms with Crippen molar-refractivity contribution in [2.75, 3.05) is 19.3 Å². The maximum absolute atomic E-state index is 12.1. The summed E-state index contributed by atoms with van der Waals surface area (Å²) in [4.78, 5) is 25.8. The molecule has 0 spiro atoms. The van der Waals surface area contributed by atoms with E-state index < -0.39 is 11.9 Å². The van der Waals surface area contributed by atoms with Gasteiger partial charge >= 0.3 is 12.0 Å². The molecule has 1 fully saturated rings. The number of nitrogens with zero attached hydrogens (tertiary/aromatic N) is 1. The van der Waals surface area contributed by atoms with Crippen molar-refractivity contribution in [3.63, 3.8) is 0 Å². The predicted octanol–water partition coefficient (Wildman–Crippen LogP) is 2.59. The fourth-order valence-electron chi connectivity index (χ4n) is 2.40. The van der Waals surface area contributed by atoms with Crippen LogP contribution in [0.1, 0.15) is 24.9 Å². The fourth-order valence-corrected chi connectivity index (χ4v) is 2.81. The molecule has 1 heterocycles. The Morgan fingerprint density at radius 3 is 2.57 bits per heavy atom. The van der Waals surface area contributed by atoms with E-state index in [-0.39, 0.29) is 12.1 Å². The van der Waals surface area contributed by atoms with Crippen LogP contribution < -0.4 is 5.32 Å². The molecule has 2 rings (SSSR count). The summed E-state index contributed by atoms with van der Waals surface area (Å²) in [5.74, 6) is -1.27. The normalized spacial score (nSPS) is 19.3. The number of urea groups is 1. The summed E-state index contributed by atoms with van der Waals surface area (Å²) in [5.41, 5.74) is 1.04. The van der Waals surface area contributed by atoms with Crippen LogP contribution >= 0.6 is 11.8 Å². The van der Waals surface area contributed by atoms with Crippen molar-refractivity contribution >= 4 is 23.8 Å². The minimum Gasteiger partial charge on any atom is -0.481 e. The molecular weight excluding hydrogens is 288 g/mol. The second-order valence-corrected chi connectivity index (χ2v) is 6.09. The van der Waals surface area contributed by atoms with Crippen molar-refractivity contribution in [2.45, 2.75) is 24.3 Å². The van der Waals surface area contributed by atoms with Crippen molar-refractivity contribution in [1.82, 2.24) is 10.2 Å². The Kier molecular flexibility index (Phi) is 5.12. The molecule has 2 amide bonds.